The third-order valence-corrected chi connectivity index (χ3v) is 2.53. The zero-order chi connectivity index (χ0) is 13.8. The van der Waals surface area contributed by atoms with Crippen molar-refractivity contribution in [2.45, 2.75) is 38.4 Å². The van der Waals surface area contributed by atoms with Crippen molar-refractivity contribution in [2.75, 3.05) is 26.3 Å². The first kappa shape index (κ1) is 17.2. The minimum Gasteiger partial charge on any atom is -0.372 e. The van der Waals surface area contributed by atoms with Crippen molar-refractivity contribution in [3.8, 4) is 0 Å². The third kappa shape index (κ3) is 10.4. The standard InChI is InChI=1S/C12H24N2O3S/c1-3-17-9-11(15)13-7-5-4-6-8-14-12(16)10(2)18/h10,18H,3-9H2,1-2H3,(H,13,15)(H,14,16). The summed E-state index contributed by atoms with van der Waals surface area (Å²) >= 11 is 4.03. The van der Waals surface area contributed by atoms with Gasteiger partial charge in [-0.15, -0.1) is 0 Å². The van der Waals surface area contributed by atoms with Crippen LogP contribution in [0.1, 0.15) is 33.1 Å². The minimum absolute atomic E-state index is 0.0386. The molecule has 0 aromatic heterocycles. The molecule has 0 spiro atoms. The molecule has 1 unspecified atom stereocenters. The van der Waals surface area contributed by atoms with Crippen molar-refractivity contribution in [3.63, 3.8) is 0 Å². The quantitative estimate of drug-likeness (QED) is 0.407. The van der Waals surface area contributed by atoms with Gasteiger partial charge in [-0.25, -0.2) is 0 Å². The molecule has 0 aliphatic rings. The van der Waals surface area contributed by atoms with Gasteiger partial charge >= 0.3 is 0 Å². The highest BCUT2D eigenvalue weighted by Gasteiger charge is 2.05. The van der Waals surface area contributed by atoms with Crippen LogP contribution < -0.4 is 10.6 Å². The van der Waals surface area contributed by atoms with Crippen molar-refractivity contribution in [2.24, 2.45) is 0 Å². The zero-order valence-electron chi connectivity index (χ0n) is 11.2. The molecular weight excluding hydrogens is 252 g/mol. The van der Waals surface area contributed by atoms with E-state index in [1.807, 2.05) is 6.92 Å². The summed E-state index contributed by atoms with van der Waals surface area (Å²) in [6.45, 7) is 5.60. The summed E-state index contributed by atoms with van der Waals surface area (Å²) in [7, 11) is 0. The van der Waals surface area contributed by atoms with Crippen LogP contribution in [-0.2, 0) is 14.3 Å². The molecule has 0 bridgehead atoms. The smallest absolute Gasteiger partial charge is 0.245 e. The van der Waals surface area contributed by atoms with Gasteiger partial charge in [0, 0.05) is 19.7 Å². The van der Waals surface area contributed by atoms with Crippen LogP contribution >= 0.6 is 12.6 Å². The van der Waals surface area contributed by atoms with Crippen molar-refractivity contribution in [3.05, 3.63) is 0 Å². The number of ether oxygens (including phenoxy) is 1. The second-order valence-electron chi connectivity index (χ2n) is 4.01. The van der Waals surface area contributed by atoms with Crippen LogP contribution in [0, 0.1) is 0 Å². The fourth-order valence-electron chi connectivity index (χ4n) is 1.26. The topological polar surface area (TPSA) is 67.4 Å². The predicted molar refractivity (Wildman–Crippen MR) is 74.8 cm³/mol. The molecule has 1 atom stereocenters. The van der Waals surface area contributed by atoms with Gasteiger partial charge in [0.2, 0.25) is 11.8 Å². The summed E-state index contributed by atoms with van der Waals surface area (Å²) in [5, 5.41) is 5.30. The molecule has 0 radical (unpaired) electrons. The lowest BCUT2D eigenvalue weighted by molar-refractivity contribution is -0.125. The molecular formula is C12H24N2O3S. The van der Waals surface area contributed by atoms with Gasteiger partial charge in [-0.3, -0.25) is 9.59 Å². The van der Waals surface area contributed by atoms with Gasteiger partial charge in [-0.2, -0.15) is 12.6 Å². The summed E-state index contributed by atoms with van der Waals surface area (Å²) in [5.41, 5.74) is 0. The van der Waals surface area contributed by atoms with E-state index in [0.717, 1.165) is 19.3 Å². The van der Waals surface area contributed by atoms with Crippen LogP contribution in [0.4, 0.5) is 0 Å². The number of nitrogens with one attached hydrogen (secondary N) is 2. The number of amides is 2. The highest BCUT2D eigenvalue weighted by molar-refractivity contribution is 7.81. The van der Waals surface area contributed by atoms with Crippen LogP contribution in [0.3, 0.4) is 0 Å². The van der Waals surface area contributed by atoms with Gasteiger partial charge in [-0.05, 0) is 33.1 Å². The summed E-state index contributed by atoms with van der Waals surface area (Å²) in [6, 6.07) is 0. The van der Waals surface area contributed by atoms with E-state index in [4.69, 9.17) is 4.74 Å². The first-order chi connectivity index (χ1) is 8.57. The first-order valence-corrected chi connectivity index (χ1v) is 6.89. The van der Waals surface area contributed by atoms with E-state index in [1.54, 1.807) is 6.92 Å². The van der Waals surface area contributed by atoms with Crippen LogP contribution in [-0.4, -0.2) is 43.4 Å². The normalized spacial score (nSPS) is 11.9. The maximum absolute atomic E-state index is 11.2. The van der Waals surface area contributed by atoms with Crippen molar-refractivity contribution in [1.82, 2.24) is 10.6 Å². The molecule has 6 heteroatoms. The maximum Gasteiger partial charge on any atom is 0.245 e. The summed E-state index contributed by atoms with van der Waals surface area (Å²) in [4.78, 5) is 22.3. The van der Waals surface area contributed by atoms with Gasteiger partial charge in [0.1, 0.15) is 6.61 Å². The van der Waals surface area contributed by atoms with Crippen molar-refractivity contribution >= 4 is 24.4 Å². The van der Waals surface area contributed by atoms with E-state index >= 15 is 0 Å². The Hall–Kier alpha value is -0.750. The van der Waals surface area contributed by atoms with E-state index in [2.05, 4.69) is 23.3 Å². The number of carbonyl (C=O) groups is 2. The second-order valence-corrected chi connectivity index (χ2v) is 4.79. The highest BCUT2D eigenvalue weighted by Crippen LogP contribution is 1.95. The van der Waals surface area contributed by atoms with Gasteiger partial charge in [0.15, 0.2) is 0 Å². The molecule has 0 aliphatic carbocycles. The Kier molecular flexibility index (Phi) is 10.9. The van der Waals surface area contributed by atoms with Gasteiger partial charge < -0.3 is 15.4 Å². The van der Waals surface area contributed by atoms with Crippen LogP contribution in [0.2, 0.25) is 0 Å². The Morgan fingerprint density at radius 1 is 1.17 bits per heavy atom. The van der Waals surface area contributed by atoms with E-state index in [9.17, 15) is 9.59 Å². The molecule has 18 heavy (non-hydrogen) atoms. The molecule has 0 heterocycles. The largest absolute Gasteiger partial charge is 0.372 e. The number of unbranched alkanes of at least 4 members (excludes halogenated alkanes) is 2. The van der Waals surface area contributed by atoms with E-state index < -0.39 is 0 Å². The zero-order valence-corrected chi connectivity index (χ0v) is 12.1. The van der Waals surface area contributed by atoms with Crippen LogP contribution in [0.25, 0.3) is 0 Å². The fraction of sp³-hybridized carbons (Fsp3) is 0.833. The fourth-order valence-corrected chi connectivity index (χ4v) is 1.35. The van der Waals surface area contributed by atoms with E-state index in [0.29, 0.717) is 19.7 Å². The number of rotatable bonds is 10. The van der Waals surface area contributed by atoms with Gasteiger partial charge in [0.25, 0.3) is 0 Å². The lowest BCUT2D eigenvalue weighted by Gasteiger charge is -2.07. The molecule has 2 amide bonds. The van der Waals surface area contributed by atoms with Crippen molar-refractivity contribution in [1.29, 1.82) is 0 Å². The third-order valence-electron chi connectivity index (χ3n) is 2.29. The van der Waals surface area contributed by atoms with Crippen molar-refractivity contribution < 1.29 is 14.3 Å². The number of hydrogen-bond acceptors (Lipinski definition) is 4. The molecule has 0 aliphatic heterocycles. The maximum atomic E-state index is 11.2. The molecule has 0 fully saturated rings. The molecule has 0 aromatic rings. The Labute approximate surface area is 114 Å². The number of carbonyl (C=O) groups excluding carboxylic acids is 2. The monoisotopic (exact) mass is 276 g/mol. The highest BCUT2D eigenvalue weighted by atomic mass is 32.1. The lowest BCUT2D eigenvalue weighted by atomic mass is 10.2. The van der Waals surface area contributed by atoms with E-state index in [-0.39, 0.29) is 23.7 Å². The lowest BCUT2D eigenvalue weighted by Crippen LogP contribution is -2.31. The van der Waals surface area contributed by atoms with Gasteiger partial charge in [0.05, 0.1) is 5.25 Å². The second kappa shape index (κ2) is 11.3. The summed E-state index contributed by atoms with van der Waals surface area (Å²) in [6.07, 6.45) is 2.79. The molecule has 2 N–H and O–H groups in total. The predicted octanol–water partition coefficient (Wildman–Crippen LogP) is 0.744. The van der Waals surface area contributed by atoms with E-state index in [1.165, 1.54) is 0 Å². The minimum atomic E-state index is -0.261. The summed E-state index contributed by atoms with van der Waals surface area (Å²) < 4.78 is 4.97. The van der Waals surface area contributed by atoms with Crippen LogP contribution in [0.15, 0.2) is 0 Å². The Bertz CT molecular complexity index is 247. The number of thiol groups is 1. The Balaban J connectivity index is 3.26. The summed E-state index contributed by atoms with van der Waals surface area (Å²) in [5.74, 6) is -0.114. The molecule has 0 rings (SSSR count). The molecule has 106 valence electrons. The van der Waals surface area contributed by atoms with Crippen LogP contribution in [0.5, 0.6) is 0 Å². The average molecular weight is 276 g/mol. The van der Waals surface area contributed by atoms with Gasteiger partial charge in [-0.1, -0.05) is 0 Å². The SMILES string of the molecule is CCOCC(=O)NCCCCCNC(=O)C(C)S. The Morgan fingerprint density at radius 2 is 1.78 bits per heavy atom. The molecule has 0 saturated heterocycles. The number of hydrogen-bond donors (Lipinski definition) is 3. The molecule has 5 nitrogen and oxygen atoms in total. The average Bonchev–Trinajstić information content (AvgIpc) is 2.34. The molecule has 0 saturated carbocycles. The molecule has 0 aromatic carbocycles. The first-order valence-electron chi connectivity index (χ1n) is 6.38. The Morgan fingerprint density at radius 3 is 2.33 bits per heavy atom.